The number of carbonyl (C=O) groups excluding carboxylic acids is 2. The number of rotatable bonds is 7. The Morgan fingerprint density at radius 2 is 2.03 bits per heavy atom. The molecule has 0 radical (unpaired) electrons. The van der Waals surface area contributed by atoms with E-state index in [0.717, 1.165) is 11.1 Å². The summed E-state index contributed by atoms with van der Waals surface area (Å²) in [6.45, 7) is 5.40. The van der Waals surface area contributed by atoms with Gasteiger partial charge in [0.25, 0.3) is 5.91 Å². The van der Waals surface area contributed by atoms with Crippen molar-refractivity contribution in [3.63, 3.8) is 0 Å². The number of hydrogen-bond acceptors (Lipinski definition) is 7. The van der Waals surface area contributed by atoms with Crippen LogP contribution < -0.4 is 5.32 Å². The van der Waals surface area contributed by atoms with Gasteiger partial charge >= 0.3 is 0 Å². The van der Waals surface area contributed by atoms with Gasteiger partial charge in [-0.1, -0.05) is 6.07 Å². The number of pyridine rings is 2. The summed E-state index contributed by atoms with van der Waals surface area (Å²) < 4.78 is 6.89. The highest BCUT2D eigenvalue weighted by atomic mass is 16.5. The minimum absolute atomic E-state index is 0.0179. The van der Waals surface area contributed by atoms with Crippen molar-refractivity contribution in [1.29, 1.82) is 0 Å². The predicted octanol–water partition coefficient (Wildman–Crippen LogP) is 2.45. The van der Waals surface area contributed by atoms with E-state index < -0.39 is 0 Å². The Bertz CT molecular complexity index is 1140. The van der Waals surface area contributed by atoms with Gasteiger partial charge < -0.3 is 19.5 Å². The van der Waals surface area contributed by atoms with E-state index in [1.807, 2.05) is 24.5 Å². The van der Waals surface area contributed by atoms with Gasteiger partial charge in [-0.25, -0.2) is 4.98 Å². The molecule has 1 N–H and O–H groups in total. The van der Waals surface area contributed by atoms with Crippen molar-refractivity contribution in [3.05, 3.63) is 53.6 Å². The van der Waals surface area contributed by atoms with Crippen molar-refractivity contribution in [2.75, 3.05) is 19.0 Å². The molecule has 2 amide bonds. The lowest BCUT2D eigenvalue weighted by atomic mass is 10.1. The molecule has 0 saturated carbocycles. The zero-order valence-electron chi connectivity index (χ0n) is 18.3. The third kappa shape index (κ3) is 4.50. The molecule has 0 spiro atoms. The van der Waals surface area contributed by atoms with Crippen LogP contribution in [0.3, 0.4) is 0 Å². The summed E-state index contributed by atoms with van der Waals surface area (Å²) in [5.74, 6) is 0.672. The molecule has 3 aromatic rings. The van der Waals surface area contributed by atoms with Crippen LogP contribution in [0.1, 0.15) is 47.9 Å². The van der Waals surface area contributed by atoms with Crippen molar-refractivity contribution in [2.24, 2.45) is 0 Å². The molecule has 4 heterocycles. The van der Waals surface area contributed by atoms with Gasteiger partial charge in [0.1, 0.15) is 23.5 Å². The van der Waals surface area contributed by atoms with Crippen LogP contribution in [-0.2, 0) is 22.6 Å². The van der Waals surface area contributed by atoms with Gasteiger partial charge in [-0.3, -0.25) is 14.6 Å². The molecule has 10 heteroatoms. The fraction of sp³-hybridized carbons (Fsp3) is 0.364. The Labute approximate surface area is 185 Å². The standard InChI is InChI=1S/C22H25N7O3/c1-14(2)29-13-24-27-21(29)17-5-4-6-19(25-17)26-22(31)18-9-15-11-28(12-16(15)10-23-18)20(30)7-8-32-3/h4-6,9-10,13-14H,7-8,11-12H2,1-3H3,(H,25,26,31). The van der Waals surface area contributed by atoms with Crippen LogP contribution >= 0.6 is 0 Å². The Morgan fingerprint density at radius 3 is 2.81 bits per heavy atom. The SMILES string of the molecule is COCCC(=O)N1Cc2cnc(C(=O)Nc3cccc(-c4nncn4C(C)C)n3)cc2C1. The molecule has 0 unspecified atom stereocenters. The number of amides is 2. The van der Waals surface area contributed by atoms with Gasteiger partial charge in [0.05, 0.1) is 13.0 Å². The third-order valence-electron chi connectivity index (χ3n) is 5.26. The van der Waals surface area contributed by atoms with E-state index >= 15 is 0 Å². The molecule has 0 atom stereocenters. The molecule has 0 bridgehead atoms. The molecule has 0 fully saturated rings. The summed E-state index contributed by atoms with van der Waals surface area (Å²) in [5, 5.41) is 10.9. The average molecular weight is 435 g/mol. The fourth-order valence-corrected chi connectivity index (χ4v) is 3.54. The zero-order valence-corrected chi connectivity index (χ0v) is 18.3. The zero-order chi connectivity index (χ0) is 22.7. The number of aromatic nitrogens is 5. The van der Waals surface area contributed by atoms with Crippen molar-refractivity contribution < 1.29 is 14.3 Å². The first-order valence-electron chi connectivity index (χ1n) is 10.4. The largest absolute Gasteiger partial charge is 0.384 e. The number of hydrogen-bond donors (Lipinski definition) is 1. The summed E-state index contributed by atoms with van der Waals surface area (Å²) in [6, 6.07) is 7.24. The maximum absolute atomic E-state index is 12.8. The van der Waals surface area contributed by atoms with Crippen LogP contribution in [0.2, 0.25) is 0 Å². The van der Waals surface area contributed by atoms with Gasteiger partial charge in [0.15, 0.2) is 5.82 Å². The molecule has 0 aliphatic carbocycles. The summed E-state index contributed by atoms with van der Waals surface area (Å²) in [6.07, 6.45) is 3.64. The smallest absolute Gasteiger partial charge is 0.275 e. The summed E-state index contributed by atoms with van der Waals surface area (Å²) in [5.41, 5.74) is 2.75. The first-order valence-corrected chi connectivity index (χ1v) is 10.4. The maximum Gasteiger partial charge on any atom is 0.275 e. The first kappa shape index (κ1) is 21.6. The van der Waals surface area contributed by atoms with Gasteiger partial charge in [0, 0.05) is 32.4 Å². The normalized spacial score (nSPS) is 12.8. The van der Waals surface area contributed by atoms with Crippen LogP contribution in [-0.4, -0.2) is 55.2 Å². The first-order chi connectivity index (χ1) is 15.5. The number of nitrogens with zero attached hydrogens (tertiary/aromatic N) is 6. The van der Waals surface area contributed by atoms with E-state index in [4.69, 9.17) is 4.74 Å². The van der Waals surface area contributed by atoms with Gasteiger partial charge in [-0.05, 0) is 43.2 Å². The highest BCUT2D eigenvalue weighted by molar-refractivity contribution is 6.02. The second kappa shape index (κ2) is 9.23. The second-order valence-electron chi connectivity index (χ2n) is 7.85. The number of carbonyl (C=O) groups is 2. The van der Waals surface area contributed by atoms with E-state index in [-0.39, 0.29) is 23.6 Å². The quantitative estimate of drug-likeness (QED) is 0.606. The van der Waals surface area contributed by atoms with E-state index in [2.05, 4.69) is 25.5 Å². The van der Waals surface area contributed by atoms with Gasteiger partial charge in [-0.2, -0.15) is 0 Å². The van der Waals surface area contributed by atoms with Gasteiger partial charge in [-0.15, -0.1) is 10.2 Å². The monoisotopic (exact) mass is 435 g/mol. The molecule has 0 aromatic carbocycles. The Hall–Kier alpha value is -3.66. The molecule has 166 valence electrons. The minimum Gasteiger partial charge on any atom is -0.384 e. The maximum atomic E-state index is 12.8. The summed E-state index contributed by atoms with van der Waals surface area (Å²) in [7, 11) is 1.57. The predicted molar refractivity (Wildman–Crippen MR) is 117 cm³/mol. The Kier molecular flexibility index (Phi) is 6.22. The topological polar surface area (TPSA) is 115 Å². The highest BCUT2D eigenvalue weighted by Crippen LogP contribution is 2.24. The van der Waals surface area contributed by atoms with Crippen LogP contribution in [0, 0.1) is 0 Å². The van der Waals surface area contributed by atoms with Crippen LogP contribution in [0.15, 0.2) is 36.8 Å². The summed E-state index contributed by atoms with van der Waals surface area (Å²) >= 11 is 0. The Balaban J connectivity index is 1.47. The van der Waals surface area contributed by atoms with Crippen molar-refractivity contribution in [3.8, 4) is 11.5 Å². The molecular formula is C22H25N7O3. The molecule has 1 aliphatic rings. The highest BCUT2D eigenvalue weighted by Gasteiger charge is 2.25. The van der Waals surface area contributed by atoms with Crippen molar-refractivity contribution >= 4 is 17.6 Å². The van der Waals surface area contributed by atoms with Crippen molar-refractivity contribution in [1.82, 2.24) is 29.6 Å². The van der Waals surface area contributed by atoms with E-state index in [9.17, 15) is 9.59 Å². The fourth-order valence-electron chi connectivity index (χ4n) is 3.54. The molecule has 0 saturated heterocycles. The van der Waals surface area contributed by atoms with E-state index in [1.165, 1.54) is 0 Å². The summed E-state index contributed by atoms with van der Waals surface area (Å²) in [4.78, 5) is 35.6. The van der Waals surface area contributed by atoms with E-state index in [1.54, 1.807) is 42.7 Å². The molecule has 4 rings (SSSR count). The molecule has 3 aromatic heterocycles. The number of anilines is 1. The molecular weight excluding hydrogens is 410 g/mol. The van der Waals surface area contributed by atoms with Crippen molar-refractivity contribution in [2.45, 2.75) is 39.4 Å². The van der Waals surface area contributed by atoms with E-state index in [0.29, 0.717) is 43.5 Å². The van der Waals surface area contributed by atoms with Gasteiger partial charge in [0.2, 0.25) is 5.91 Å². The minimum atomic E-state index is -0.369. The lowest BCUT2D eigenvalue weighted by Gasteiger charge is -2.14. The van der Waals surface area contributed by atoms with Crippen LogP contribution in [0.25, 0.3) is 11.5 Å². The number of methoxy groups -OCH3 is 1. The third-order valence-corrected chi connectivity index (χ3v) is 5.26. The van der Waals surface area contributed by atoms with Crippen LogP contribution in [0.4, 0.5) is 5.82 Å². The second-order valence-corrected chi connectivity index (χ2v) is 7.85. The lowest BCUT2D eigenvalue weighted by Crippen LogP contribution is -2.26. The molecule has 1 aliphatic heterocycles. The molecule has 10 nitrogen and oxygen atoms in total. The van der Waals surface area contributed by atoms with Crippen LogP contribution in [0.5, 0.6) is 0 Å². The molecule has 32 heavy (non-hydrogen) atoms. The Morgan fingerprint density at radius 1 is 1.22 bits per heavy atom. The lowest BCUT2D eigenvalue weighted by molar-refractivity contribution is -0.132. The average Bonchev–Trinajstić information content (AvgIpc) is 3.44. The number of ether oxygens (including phenoxy) is 1. The number of nitrogens with one attached hydrogen (secondary N) is 1. The number of fused-ring (bicyclic) bond motifs is 1.